The zero-order valence-electron chi connectivity index (χ0n) is 16.1. The molecule has 0 bridgehead atoms. The molecule has 1 saturated heterocycles. The zero-order chi connectivity index (χ0) is 19.3. The van der Waals surface area contributed by atoms with Crippen molar-refractivity contribution in [3.63, 3.8) is 0 Å². The lowest BCUT2D eigenvalue weighted by atomic mass is 10.1. The van der Waals surface area contributed by atoms with E-state index in [0.29, 0.717) is 19.0 Å². The topological polar surface area (TPSA) is 79.8 Å². The summed E-state index contributed by atoms with van der Waals surface area (Å²) in [5.41, 5.74) is 1.58. The SMILES string of the molecule is CCCNC(=O)c1ccc(N2CCN(Cc3ccc4c(c3)OCO4)CC2)nn1. The van der Waals surface area contributed by atoms with E-state index in [0.717, 1.165) is 56.5 Å². The largest absolute Gasteiger partial charge is 0.454 e. The van der Waals surface area contributed by atoms with Crippen LogP contribution in [0.4, 0.5) is 5.82 Å². The molecular formula is C20H25N5O3. The van der Waals surface area contributed by atoms with Crippen molar-refractivity contribution in [1.29, 1.82) is 0 Å². The normalized spacial score (nSPS) is 16.2. The first-order valence-corrected chi connectivity index (χ1v) is 9.70. The summed E-state index contributed by atoms with van der Waals surface area (Å²) in [6, 6.07) is 9.74. The predicted molar refractivity (Wildman–Crippen MR) is 105 cm³/mol. The summed E-state index contributed by atoms with van der Waals surface area (Å²) in [5, 5.41) is 11.1. The molecule has 1 fully saturated rings. The van der Waals surface area contributed by atoms with Crippen LogP contribution < -0.4 is 19.7 Å². The van der Waals surface area contributed by atoms with E-state index >= 15 is 0 Å². The number of anilines is 1. The van der Waals surface area contributed by atoms with Gasteiger partial charge in [-0.25, -0.2) is 0 Å². The Bertz CT molecular complexity index is 819. The van der Waals surface area contributed by atoms with E-state index < -0.39 is 0 Å². The monoisotopic (exact) mass is 383 g/mol. The fourth-order valence-electron chi connectivity index (χ4n) is 3.38. The summed E-state index contributed by atoms with van der Waals surface area (Å²) in [7, 11) is 0. The van der Waals surface area contributed by atoms with Crippen molar-refractivity contribution in [3.05, 3.63) is 41.6 Å². The van der Waals surface area contributed by atoms with Crippen LogP contribution in [0.25, 0.3) is 0 Å². The minimum Gasteiger partial charge on any atom is -0.454 e. The number of piperazine rings is 1. The van der Waals surface area contributed by atoms with Crippen LogP contribution in [0.2, 0.25) is 0 Å². The number of amides is 1. The van der Waals surface area contributed by atoms with Crippen LogP contribution in [0, 0.1) is 0 Å². The Labute approximate surface area is 164 Å². The fourth-order valence-corrected chi connectivity index (χ4v) is 3.38. The smallest absolute Gasteiger partial charge is 0.271 e. The molecule has 28 heavy (non-hydrogen) atoms. The molecule has 0 atom stereocenters. The van der Waals surface area contributed by atoms with Gasteiger partial charge in [0.1, 0.15) is 0 Å². The van der Waals surface area contributed by atoms with Gasteiger partial charge >= 0.3 is 0 Å². The second kappa shape index (κ2) is 8.43. The molecule has 8 heteroatoms. The Morgan fingerprint density at radius 2 is 1.89 bits per heavy atom. The maximum absolute atomic E-state index is 11.9. The van der Waals surface area contributed by atoms with Gasteiger partial charge in [0, 0.05) is 39.3 Å². The average molecular weight is 383 g/mol. The molecule has 2 aromatic rings. The van der Waals surface area contributed by atoms with Gasteiger partial charge in [0.2, 0.25) is 6.79 Å². The van der Waals surface area contributed by atoms with Gasteiger partial charge in [0.05, 0.1) is 0 Å². The summed E-state index contributed by atoms with van der Waals surface area (Å²) >= 11 is 0. The number of carbonyl (C=O) groups is 1. The van der Waals surface area contributed by atoms with Gasteiger partial charge in [-0.3, -0.25) is 9.69 Å². The maximum Gasteiger partial charge on any atom is 0.271 e. The zero-order valence-corrected chi connectivity index (χ0v) is 16.1. The molecule has 0 radical (unpaired) electrons. The Morgan fingerprint density at radius 1 is 1.07 bits per heavy atom. The van der Waals surface area contributed by atoms with Crippen molar-refractivity contribution in [2.24, 2.45) is 0 Å². The number of nitrogens with zero attached hydrogens (tertiary/aromatic N) is 4. The third-order valence-electron chi connectivity index (χ3n) is 4.96. The maximum atomic E-state index is 11.9. The second-order valence-corrected chi connectivity index (χ2v) is 6.98. The average Bonchev–Trinajstić information content (AvgIpc) is 3.20. The lowest BCUT2D eigenvalue weighted by molar-refractivity contribution is 0.0947. The van der Waals surface area contributed by atoms with Crippen LogP contribution >= 0.6 is 0 Å². The molecule has 1 amide bonds. The number of carbonyl (C=O) groups excluding carboxylic acids is 1. The molecule has 4 rings (SSSR count). The van der Waals surface area contributed by atoms with Crippen LogP contribution in [0.1, 0.15) is 29.4 Å². The lowest BCUT2D eigenvalue weighted by Crippen LogP contribution is -2.46. The Hall–Kier alpha value is -2.87. The minimum absolute atomic E-state index is 0.172. The highest BCUT2D eigenvalue weighted by Crippen LogP contribution is 2.32. The number of nitrogens with one attached hydrogen (secondary N) is 1. The molecule has 1 aromatic heterocycles. The molecule has 1 aromatic carbocycles. The molecule has 0 aliphatic carbocycles. The molecule has 1 N–H and O–H groups in total. The fraction of sp³-hybridized carbons (Fsp3) is 0.450. The van der Waals surface area contributed by atoms with E-state index in [1.807, 2.05) is 19.1 Å². The quantitative estimate of drug-likeness (QED) is 0.813. The van der Waals surface area contributed by atoms with E-state index in [1.165, 1.54) is 5.56 Å². The van der Waals surface area contributed by atoms with Crippen molar-refractivity contribution in [1.82, 2.24) is 20.4 Å². The van der Waals surface area contributed by atoms with Crippen LogP contribution in [0.15, 0.2) is 30.3 Å². The van der Waals surface area contributed by atoms with E-state index in [2.05, 4.69) is 37.4 Å². The Balaban J connectivity index is 1.29. The Morgan fingerprint density at radius 3 is 2.64 bits per heavy atom. The van der Waals surface area contributed by atoms with E-state index in [-0.39, 0.29) is 5.91 Å². The lowest BCUT2D eigenvalue weighted by Gasteiger charge is -2.35. The highest BCUT2D eigenvalue weighted by atomic mass is 16.7. The van der Waals surface area contributed by atoms with Gasteiger partial charge in [-0.2, -0.15) is 0 Å². The van der Waals surface area contributed by atoms with Crippen molar-refractivity contribution >= 4 is 11.7 Å². The van der Waals surface area contributed by atoms with Crippen LogP contribution in [-0.2, 0) is 6.54 Å². The van der Waals surface area contributed by atoms with Crippen molar-refractivity contribution < 1.29 is 14.3 Å². The molecule has 3 heterocycles. The standard InChI is InChI=1S/C20H25N5O3/c1-2-7-21-20(26)16-4-6-19(23-22-16)25-10-8-24(9-11-25)13-15-3-5-17-18(12-15)28-14-27-17/h3-6,12H,2,7-11,13-14H2,1H3,(H,21,26). The van der Waals surface area contributed by atoms with Crippen molar-refractivity contribution in [2.75, 3.05) is 44.4 Å². The number of rotatable bonds is 6. The van der Waals surface area contributed by atoms with Gasteiger partial charge in [-0.05, 0) is 36.2 Å². The predicted octanol–water partition coefficient (Wildman–Crippen LogP) is 1.67. The van der Waals surface area contributed by atoms with Crippen LogP contribution in [-0.4, -0.2) is 60.5 Å². The highest BCUT2D eigenvalue weighted by molar-refractivity contribution is 5.92. The third-order valence-corrected chi connectivity index (χ3v) is 4.96. The van der Waals surface area contributed by atoms with Crippen molar-refractivity contribution in [3.8, 4) is 11.5 Å². The first-order valence-electron chi connectivity index (χ1n) is 9.70. The minimum atomic E-state index is -0.172. The van der Waals surface area contributed by atoms with Gasteiger partial charge in [0.25, 0.3) is 5.91 Å². The van der Waals surface area contributed by atoms with E-state index in [4.69, 9.17) is 9.47 Å². The number of aromatic nitrogens is 2. The molecular weight excluding hydrogens is 358 g/mol. The summed E-state index contributed by atoms with van der Waals surface area (Å²) in [6.45, 7) is 7.48. The summed E-state index contributed by atoms with van der Waals surface area (Å²) in [4.78, 5) is 16.5. The van der Waals surface area contributed by atoms with E-state index in [9.17, 15) is 4.79 Å². The molecule has 0 unspecified atom stereocenters. The first-order chi connectivity index (χ1) is 13.7. The van der Waals surface area contributed by atoms with Gasteiger partial charge in [0.15, 0.2) is 23.0 Å². The molecule has 0 saturated carbocycles. The molecule has 2 aliphatic heterocycles. The summed E-state index contributed by atoms with van der Waals surface area (Å²) in [6.07, 6.45) is 0.897. The van der Waals surface area contributed by atoms with Gasteiger partial charge < -0.3 is 19.7 Å². The third kappa shape index (κ3) is 4.17. The molecule has 2 aliphatic rings. The van der Waals surface area contributed by atoms with Gasteiger partial charge in [-0.1, -0.05) is 13.0 Å². The van der Waals surface area contributed by atoms with Gasteiger partial charge in [-0.15, -0.1) is 10.2 Å². The summed E-state index contributed by atoms with van der Waals surface area (Å²) in [5.74, 6) is 2.29. The number of fused-ring (bicyclic) bond motifs is 1. The van der Waals surface area contributed by atoms with Crippen LogP contribution in [0.5, 0.6) is 11.5 Å². The molecule has 8 nitrogen and oxygen atoms in total. The van der Waals surface area contributed by atoms with Crippen molar-refractivity contribution in [2.45, 2.75) is 19.9 Å². The molecule has 148 valence electrons. The summed E-state index contributed by atoms with van der Waals surface area (Å²) < 4.78 is 10.8. The second-order valence-electron chi connectivity index (χ2n) is 6.98. The number of hydrogen-bond donors (Lipinski definition) is 1. The van der Waals surface area contributed by atoms with Crippen LogP contribution in [0.3, 0.4) is 0 Å². The first kappa shape index (κ1) is 18.5. The number of benzene rings is 1. The van der Waals surface area contributed by atoms with E-state index in [1.54, 1.807) is 6.07 Å². The highest BCUT2D eigenvalue weighted by Gasteiger charge is 2.20. The number of ether oxygens (including phenoxy) is 2. The molecule has 0 spiro atoms. The number of hydrogen-bond acceptors (Lipinski definition) is 7. The Kier molecular flexibility index (Phi) is 5.57.